The normalized spacial score (nSPS) is 11.4. The molecule has 0 spiro atoms. The number of amides is 1. The third kappa shape index (κ3) is 2.94. The van der Waals surface area contributed by atoms with Gasteiger partial charge in [0.05, 0.1) is 21.8 Å². The number of hydrogen-bond donors (Lipinski definition) is 0. The Morgan fingerprint density at radius 2 is 2.10 bits per heavy atom. The summed E-state index contributed by atoms with van der Waals surface area (Å²) >= 11 is 7.07. The molecule has 0 aliphatic rings. The summed E-state index contributed by atoms with van der Waals surface area (Å²) in [5.74, 6) is -0.437. The fourth-order valence-electron chi connectivity index (χ4n) is 1.55. The minimum atomic E-state index is -4.47. The monoisotopic (exact) mass is 320 g/mol. The summed E-state index contributed by atoms with van der Waals surface area (Å²) in [6.07, 6.45) is -4.47. The van der Waals surface area contributed by atoms with E-state index >= 15 is 0 Å². The van der Waals surface area contributed by atoms with Crippen molar-refractivity contribution in [1.29, 1.82) is 0 Å². The van der Waals surface area contributed by atoms with E-state index in [0.29, 0.717) is 0 Å². The van der Waals surface area contributed by atoms with Gasteiger partial charge >= 0.3 is 6.18 Å². The minimum absolute atomic E-state index is 0.147. The highest BCUT2D eigenvalue weighted by Crippen LogP contribution is 2.35. The van der Waals surface area contributed by atoms with Gasteiger partial charge in [-0.25, -0.2) is 4.98 Å². The van der Waals surface area contributed by atoms with Gasteiger partial charge in [0.2, 0.25) is 0 Å². The number of carbonyl (C=O) groups is 1. The van der Waals surface area contributed by atoms with E-state index in [1.807, 2.05) is 0 Å². The molecular formula is C12H8ClF3N2OS. The molecule has 1 aromatic heterocycles. The van der Waals surface area contributed by atoms with Crippen LogP contribution in [0.4, 0.5) is 18.9 Å². The molecule has 0 atom stereocenters. The summed E-state index contributed by atoms with van der Waals surface area (Å²) in [5.41, 5.74) is 1.04. The van der Waals surface area contributed by atoms with Crippen LogP contribution in [0.25, 0.3) is 0 Å². The zero-order valence-electron chi connectivity index (χ0n) is 10.1. The molecule has 8 heteroatoms. The Bertz CT molecular complexity index is 628. The van der Waals surface area contributed by atoms with Gasteiger partial charge in [-0.1, -0.05) is 11.6 Å². The van der Waals surface area contributed by atoms with Crippen LogP contribution in [-0.4, -0.2) is 17.9 Å². The number of thiazole rings is 1. The van der Waals surface area contributed by atoms with Gasteiger partial charge in [0.25, 0.3) is 5.91 Å². The minimum Gasteiger partial charge on any atom is -0.309 e. The molecule has 0 unspecified atom stereocenters. The quantitative estimate of drug-likeness (QED) is 0.835. The van der Waals surface area contributed by atoms with Crippen molar-refractivity contribution in [2.75, 3.05) is 11.9 Å². The third-order valence-corrected chi connectivity index (χ3v) is 3.48. The number of nitrogens with zero attached hydrogens (tertiary/aromatic N) is 2. The molecule has 3 nitrogen and oxygen atoms in total. The number of anilines is 1. The average molecular weight is 321 g/mol. The topological polar surface area (TPSA) is 33.2 Å². The third-order valence-electron chi connectivity index (χ3n) is 2.59. The first-order valence-corrected chi connectivity index (χ1v) is 6.66. The van der Waals surface area contributed by atoms with Crippen molar-refractivity contribution in [2.24, 2.45) is 0 Å². The molecule has 1 heterocycles. The summed E-state index contributed by atoms with van der Waals surface area (Å²) in [6.45, 7) is 0. The Morgan fingerprint density at radius 3 is 2.60 bits per heavy atom. The Kier molecular flexibility index (Phi) is 4.01. The van der Waals surface area contributed by atoms with Crippen LogP contribution in [0.2, 0.25) is 5.02 Å². The molecule has 0 N–H and O–H groups in total. The van der Waals surface area contributed by atoms with Gasteiger partial charge in [-0.2, -0.15) is 13.2 Å². The summed E-state index contributed by atoms with van der Waals surface area (Å²) in [6, 6.07) is 2.84. The van der Waals surface area contributed by atoms with Crippen LogP contribution in [0, 0.1) is 0 Å². The molecule has 106 valence electrons. The van der Waals surface area contributed by atoms with E-state index in [1.54, 1.807) is 5.38 Å². The molecule has 0 bridgehead atoms. The Labute approximate surface area is 121 Å². The van der Waals surface area contributed by atoms with Crippen molar-refractivity contribution in [3.05, 3.63) is 45.4 Å². The molecule has 2 rings (SSSR count). The highest BCUT2D eigenvalue weighted by atomic mass is 35.5. The summed E-state index contributed by atoms with van der Waals surface area (Å²) in [7, 11) is 1.43. The van der Waals surface area contributed by atoms with Crippen LogP contribution in [0.5, 0.6) is 0 Å². The van der Waals surface area contributed by atoms with Gasteiger partial charge in [-0.15, -0.1) is 11.3 Å². The van der Waals surface area contributed by atoms with Crippen molar-refractivity contribution in [3.63, 3.8) is 0 Å². The van der Waals surface area contributed by atoms with Crippen LogP contribution >= 0.6 is 22.9 Å². The molecule has 1 amide bonds. The standard InChI is InChI=1S/C12H8ClF3N2OS/c1-18(11(19)9-5-20-6-17-9)10-3-2-7(4-8(10)13)12(14,15)16/h2-6H,1H3. The molecule has 0 aliphatic heterocycles. The fourth-order valence-corrected chi connectivity index (χ4v) is 2.39. The van der Waals surface area contributed by atoms with E-state index in [4.69, 9.17) is 11.6 Å². The second-order valence-corrected chi connectivity index (χ2v) is 5.03. The highest BCUT2D eigenvalue weighted by molar-refractivity contribution is 7.07. The predicted octanol–water partition coefficient (Wildman–Crippen LogP) is 4.09. The van der Waals surface area contributed by atoms with E-state index < -0.39 is 17.6 Å². The van der Waals surface area contributed by atoms with Gasteiger partial charge in [0, 0.05) is 12.4 Å². The number of hydrogen-bond acceptors (Lipinski definition) is 3. The lowest BCUT2D eigenvalue weighted by Crippen LogP contribution is -2.26. The molecule has 0 radical (unpaired) electrons. The van der Waals surface area contributed by atoms with Gasteiger partial charge in [0.15, 0.2) is 0 Å². The summed E-state index contributed by atoms with van der Waals surface area (Å²) < 4.78 is 37.6. The van der Waals surface area contributed by atoms with Crippen molar-refractivity contribution in [2.45, 2.75) is 6.18 Å². The van der Waals surface area contributed by atoms with Crippen LogP contribution in [0.15, 0.2) is 29.1 Å². The fraction of sp³-hybridized carbons (Fsp3) is 0.167. The lowest BCUT2D eigenvalue weighted by molar-refractivity contribution is -0.137. The van der Waals surface area contributed by atoms with E-state index in [9.17, 15) is 18.0 Å². The maximum atomic E-state index is 12.5. The van der Waals surface area contributed by atoms with E-state index in [2.05, 4.69) is 4.98 Å². The van der Waals surface area contributed by atoms with Crippen LogP contribution < -0.4 is 4.90 Å². The number of alkyl halides is 3. The maximum absolute atomic E-state index is 12.5. The van der Waals surface area contributed by atoms with Crippen LogP contribution in [0.3, 0.4) is 0 Å². The molecule has 0 fully saturated rings. The lowest BCUT2D eigenvalue weighted by atomic mass is 10.2. The van der Waals surface area contributed by atoms with E-state index in [-0.39, 0.29) is 16.4 Å². The summed E-state index contributed by atoms with van der Waals surface area (Å²) in [5, 5.41) is 1.41. The number of rotatable bonds is 2. The second kappa shape index (κ2) is 5.41. The SMILES string of the molecule is CN(C(=O)c1cscn1)c1ccc(C(F)(F)F)cc1Cl. The second-order valence-electron chi connectivity index (χ2n) is 3.90. The van der Waals surface area contributed by atoms with Crippen LogP contribution in [-0.2, 0) is 6.18 Å². The number of benzene rings is 1. The molecule has 1 aromatic carbocycles. The molecule has 0 saturated carbocycles. The van der Waals surface area contributed by atoms with Crippen molar-refractivity contribution in [1.82, 2.24) is 4.98 Å². The van der Waals surface area contributed by atoms with E-state index in [0.717, 1.165) is 23.1 Å². The summed E-state index contributed by atoms with van der Waals surface area (Å²) in [4.78, 5) is 17.0. The van der Waals surface area contributed by atoms with Gasteiger partial charge in [-0.3, -0.25) is 4.79 Å². The Hall–Kier alpha value is -1.60. The molecule has 20 heavy (non-hydrogen) atoms. The van der Waals surface area contributed by atoms with Gasteiger partial charge in [0.1, 0.15) is 5.69 Å². The highest BCUT2D eigenvalue weighted by Gasteiger charge is 2.31. The van der Waals surface area contributed by atoms with Crippen molar-refractivity contribution >= 4 is 34.5 Å². The average Bonchev–Trinajstić information content (AvgIpc) is 2.89. The first-order valence-electron chi connectivity index (χ1n) is 5.33. The van der Waals surface area contributed by atoms with Crippen molar-refractivity contribution in [3.8, 4) is 0 Å². The predicted molar refractivity (Wildman–Crippen MR) is 71.3 cm³/mol. The lowest BCUT2D eigenvalue weighted by Gasteiger charge is -2.18. The number of carbonyl (C=O) groups excluding carboxylic acids is 1. The molecule has 0 saturated heterocycles. The van der Waals surface area contributed by atoms with Gasteiger partial charge in [-0.05, 0) is 18.2 Å². The van der Waals surface area contributed by atoms with Crippen molar-refractivity contribution < 1.29 is 18.0 Å². The largest absolute Gasteiger partial charge is 0.416 e. The zero-order valence-corrected chi connectivity index (χ0v) is 11.7. The first kappa shape index (κ1) is 14.8. The van der Waals surface area contributed by atoms with Crippen LogP contribution in [0.1, 0.15) is 16.1 Å². The Morgan fingerprint density at radius 1 is 1.40 bits per heavy atom. The number of halogens is 4. The zero-order chi connectivity index (χ0) is 14.9. The first-order chi connectivity index (χ1) is 9.30. The smallest absolute Gasteiger partial charge is 0.309 e. The van der Waals surface area contributed by atoms with E-state index in [1.165, 1.54) is 23.9 Å². The Balaban J connectivity index is 2.32. The molecule has 2 aromatic rings. The van der Waals surface area contributed by atoms with Gasteiger partial charge < -0.3 is 4.90 Å². The molecular weight excluding hydrogens is 313 g/mol. The molecule has 0 aliphatic carbocycles. The number of aromatic nitrogens is 1. The maximum Gasteiger partial charge on any atom is 0.416 e.